The second kappa shape index (κ2) is 5.79. The van der Waals surface area contributed by atoms with E-state index in [0.29, 0.717) is 0 Å². The molecule has 1 heterocycles. The number of nitrogens with one attached hydrogen (secondary N) is 1. The maximum Gasteiger partial charge on any atom is 0.0912 e. The van der Waals surface area contributed by atoms with Crippen LogP contribution in [0, 0.1) is 13.8 Å². The van der Waals surface area contributed by atoms with E-state index >= 15 is 0 Å². The van der Waals surface area contributed by atoms with E-state index < -0.39 is 0 Å². The zero-order valence-electron chi connectivity index (χ0n) is 12.1. The lowest BCUT2D eigenvalue weighted by molar-refractivity contribution is 0.968. The lowest BCUT2D eigenvalue weighted by atomic mass is 10.0. The van der Waals surface area contributed by atoms with Crippen molar-refractivity contribution in [1.29, 1.82) is 0 Å². The highest BCUT2D eigenvalue weighted by atomic mass is 35.5. The van der Waals surface area contributed by atoms with Crippen LogP contribution >= 0.6 is 11.6 Å². The number of hydrogen-bond acceptors (Lipinski definition) is 2. The summed E-state index contributed by atoms with van der Waals surface area (Å²) in [7, 11) is 0. The van der Waals surface area contributed by atoms with E-state index in [1.807, 2.05) is 6.07 Å². The summed E-state index contributed by atoms with van der Waals surface area (Å²) < 4.78 is 0. The van der Waals surface area contributed by atoms with E-state index in [1.54, 1.807) is 0 Å². The van der Waals surface area contributed by atoms with Gasteiger partial charge in [-0.25, -0.2) is 0 Å². The first-order valence-electron chi connectivity index (χ1n) is 6.91. The Bertz CT molecular complexity index is 605. The molecule has 1 N–H and O–H groups in total. The average Bonchev–Trinajstić information content (AvgIpc) is 2.37. The third-order valence-corrected chi connectivity index (χ3v) is 3.69. The van der Waals surface area contributed by atoms with Gasteiger partial charge in [0.2, 0.25) is 0 Å². The summed E-state index contributed by atoms with van der Waals surface area (Å²) in [6.07, 6.45) is 2.08. The van der Waals surface area contributed by atoms with Gasteiger partial charge < -0.3 is 5.32 Å². The first-order chi connectivity index (χ1) is 9.08. The second-order valence-corrected chi connectivity index (χ2v) is 5.38. The molecule has 3 heteroatoms. The van der Waals surface area contributed by atoms with Gasteiger partial charge in [0.05, 0.1) is 10.5 Å². The fourth-order valence-corrected chi connectivity index (χ4v) is 2.82. The molecule has 2 rings (SSSR count). The number of nitrogens with zero attached hydrogens (tertiary/aromatic N) is 1. The Kier molecular flexibility index (Phi) is 4.31. The fourth-order valence-electron chi connectivity index (χ4n) is 2.50. The molecule has 0 radical (unpaired) electrons. The third kappa shape index (κ3) is 2.69. The van der Waals surface area contributed by atoms with E-state index in [1.165, 1.54) is 16.8 Å². The van der Waals surface area contributed by atoms with E-state index in [0.717, 1.165) is 41.0 Å². The van der Waals surface area contributed by atoms with Gasteiger partial charge in [0.25, 0.3) is 0 Å². The summed E-state index contributed by atoms with van der Waals surface area (Å²) in [5, 5.41) is 5.43. The van der Waals surface area contributed by atoms with Gasteiger partial charge in [0.15, 0.2) is 0 Å². The van der Waals surface area contributed by atoms with Gasteiger partial charge in [-0.1, -0.05) is 25.4 Å². The molecule has 102 valence electrons. The molecule has 1 aromatic carbocycles. The van der Waals surface area contributed by atoms with Crippen LogP contribution in [-0.4, -0.2) is 11.5 Å². The van der Waals surface area contributed by atoms with Gasteiger partial charge in [-0.05, 0) is 49.9 Å². The quantitative estimate of drug-likeness (QED) is 0.860. The van der Waals surface area contributed by atoms with Gasteiger partial charge in [0.1, 0.15) is 0 Å². The molecule has 0 spiro atoms. The van der Waals surface area contributed by atoms with Crippen molar-refractivity contribution in [3.8, 4) is 0 Å². The van der Waals surface area contributed by atoms with Crippen molar-refractivity contribution in [1.82, 2.24) is 4.98 Å². The van der Waals surface area contributed by atoms with Gasteiger partial charge in [-0.15, -0.1) is 0 Å². The molecule has 0 aliphatic heterocycles. The molecule has 1 aromatic heterocycles. The van der Waals surface area contributed by atoms with Crippen LogP contribution in [0.3, 0.4) is 0 Å². The number of hydrogen-bond donors (Lipinski definition) is 1. The average molecular weight is 277 g/mol. The van der Waals surface area contributed by atoms with Crippen molar-refractivity contribution >= 4 is 28.2 Å². The minimum Gasteiger partial charge on any atom is -0.384 e. The van der Waals surface area contributed by atoms with Crippen molar-refractivity contribution in [2.75, 3.05) is 11.9 Å². The summed E-state index contributed by atoms with van der Waals surface area (Å²) in [6, 6.07) is 4.15. The molecule has 0 bridgehead atoms. The SMILES string of the molecule is CCCNc1c(CC)c(C)nc2c(Cl)cc(C)cc12. The van der Waals surface area contributed by atoms with Crippen LogP contribution < -0.4 is 5.32 Å². The van der Waals surface area contributed by atoms with Crippen LogP contribution in [0.25, 0.3) is 10.9 Å². The summed E-state index contributed by atoms with van der Waals surface area (Å²) in [4.78, 5) is 4.68. The van der Waals surface area contributed by atoms with Gasteiger partial charge in [-0.3, -0.25) is 4.98 Å². The van der Waals surface area contributed by atoms with Gasteiger partial charge in [0, 0.05) is 23.3 Å². The predicted molar refractivity (Wildman–Crippen MR) is 84.4 cm³/mol. The van der Waals surface area contributed by atoms with Crippen LogP contribution in [-0.2, 0) is 6.42 Å². The highest BCUT2D eigenvalue weighted by Crippen LogP contribution is 2.33. The normalized spacial score (nSPS) is 11.0. The number of aryl methyl sites for hydroxylation is 2. The number of pyridine rings is 1. The maximum atomic E-state index is 6.35. The number of halogens is 1. The third-order valence-electron chi connectivity index (χ3n) is 3.40. The molecule has 0 fully saturated rings. The van der Waals surface area contributed by atoms with Crippen molar-refractivity contribution in [3.63, 3.8) is 0 Å². The van der Waals surface area contributed by atoms with Crippen LogP contribution in [0.2, 0.25) is 5.02 Å². The number of rotatable bonds is 4. The summed E-state index contributed by atoms with van der Waals surface area (Å²) in [5.41, 5.74) is 5.64. The highest BCUT2D eigenvalue weighted by molar-refractivity contribution is 6.35. The standard InChI is InChI=1S/C16H21ClN2/c1-5-7-18-15-12(6-2)11(4)19-16-13(15)8-10(3)9-14(16)17/h8-9H,5-7H2,1-4H3,(H,18,19). The fraction of sp³-hybridized carbons (Fsp3) is 0.438. The van der Waals surface area contributed by atoms with Crippen molar-refractivity contribution in [2.24, 2.45) is 0 Å². The first kappa shape index (κ1) is 14.1. The Morgan fingerprint density at radius 2 is 1.95 bits per heavy atom. The number of anilines is 1. The number of fused-ring (bicyclic) bond motifs is 1. The molecule has 19 heavy (non-hydrogen) atoms. The molecular weight excluding hydrogens is 256 g/mol. The van der Waals surface area contributed by atoms with Crippen LogP contribution in [0.15, 0.2) is 12.1 Å². The Labute approximate surface area is 120 Å². The van der Waals surface area contributed by atoms with E-state index in [4.69, 9.17) is 11.6 Å². The van der Waals surface area contributed by atoms with Crippen molar-refractivity contribution in [3.05, 3.63) is 34.0 Å². The molecular formula is C16H21ClN2. The minimum atomic E-state index is 0.736. The lowest BCUT2D eigenvalue weighted by Gasteiger charge is -2.17. The molecule has 0 saturated heterocycles. The summed E-state index contributed by atoms with van der Waals surface area (Å²) in [6.45, 7) is 9.44. The summed E-state index contributed by atoms with van der Waals surface area (Å²) >= 11 is 6.35. The van der Waals surface area contributed by atoms with Crippen LogP contribution in [0.5, 0.6) is 0 Å². The molecule has 0 saturated carbocycles. The smallest absolute Gasteiger partial charge is 0.0912 e. The van der Waals surface area contributed by atoms with Crippen molar-refractivity contribution < 1.29 is 0 Å². The molecule has 2 nitrogen and oxygen atoms in total. The Morgan fingerprint density at radius 1 is 1.21 bits per heavy atom. The Morgan fingerprint density at radius 3 is 2.58 bits per heavy atom. The molecule has 0 amide bonds. The van der Waals surface area contributed by atoms with Crippen LogP contribution in [0.4, 0.5) is 5.69 Å². The largest absolute Gasteiger partial charge is 0.384 e. The predicted octanol–water partition coefficient (Wildman–Crippen LogP) is 4.89. The van der Waals surface area contributed by atoms with Gasteiger partial charge in [-0.2, -0.15) is 0 Å². The second-order valence-electron chi connectivity index (χ2n) is 4.97. The van der Waals surface area contributed by atoms with Crippen LogP contribution in [0.1, 0.15) is 37.1 Å². The number of aromatic nitrogens is 1. The van der Waals surface area contributed by atoms with E-state index in [9.17, 15) is 0 Å². The lowest BCUT2D eigenvalue weighted by Crippen LogP contribution is -2.06. The van der Waals surface area contributed by atoms with E-state index in [-0.39, 0.29) is 0 Å². The molecule has 0 aliphatic carbocycles. The van der Waals surface area contributed by atoms with Gasteiger partial charge >= 0.3 is 0 Å². The Balaban J connectivity index is 2.76. The number of benzene rings is 1. The topological polar surface area (TPSA) is 24.9 Å². The molecule has 0 atom stereocenters. The van der Waals surface area contributed by atoms with Crippen molar-refractivity contribution in [2.45, 2.75) is 40.5 Å². The molecule has 0 unspecified atom stereocenters. The maximum absolute atomic E-state index is 6.35. The zero-order chi connectivity index (χ0) is 14.0. The first-order valence-corrected chi connectivity index (χ1v) is 7.29. The monoisotopic (exact) mass is 276 g/mol. The molecule has 2 aromatic rings. The van der Waals surface area contributed by atoms with E-state index in [2.05, 4.69) is 44.1 Å². The molecule has 0 aliphatic rings. The highest BCUT2D eigenvalue weighted by Gasteiger charge is 2.13. The zero-order valence-corrected chi connectivity index (χ0v) is 12.9. The summed E-state index contributed by atoms with van der Waals surface area (Å²) in [5.74, 6) is 0. The Hall–Kier alpha value is -1.28. The minimum absolute atomic E-state index is 0.736.